The number of rotatable bonds is 0. The summed E-state index contributed by atoms with van der Waals surface area (Å²) in [6, 6.07) is 0. The largest absolute Gasteiger partial charge is 0.479 e. The van der Waals surface area contributed by atoms with Crippen LogP contribution in [0.3, 0.4) is 0 Å². The molecule has 0 N–H and O–H groups in total. The van der Waals surface area contributed by atoms with Crippen molar-refractivity contribution in [1.29, 1.82) is 0 Å². The van der Waals surface area contributed by atoms with Gasteiger partial charge in [-0.05, 0) is 5.41 Å². The lowest BCUT2D eigenvalue weighted by atomic mass is 10.0. The summed E-state index contributed by atoms with van der Waals surface area (Å²) in [6.07, 6.45) is 0. The summed E-state index contributed by atoms with van der Waals surface area (Å²) >= 11 is 0. The van der Waals surface area contributed by atoms with E-state index in [4.69, 9.17) is 4.74 Å². The lowest BCUT2D eigenvalue weighted by molar-refractivity contribution is 0.345. The third-order valence-corrected chi connectivity index (χ3v) is 0.737. The average Bonchev–Trinajstić information content (AvgIpc) is 2.12. The van der Waals surface area contributed by atoms with Crippen LogP contribution in [0.1, 0.15) is 34.6 Å². The minimum atomic E-state index is 0.500. The van der Waals surface area contributed by atoms with Crippen LogP contribution in [0.2, 0.25) is 0 Å². The molecule has 2 heteroatoms. The molecule has 1 heterocycles. The Morgan fingerprint density at radius 1 is 1.27 bits per heavy atom. The van der Waals surface area contributed by atoms with E-state index in [1.807, 2.05) is 6.92 Å². The van der Waals surface area contributed by atoms with Crippen LogP contribution in [-0.4, -0.2) is 19.0 Å². The predicted octanol–water partition coefficient (Wildman–Crippen LogP) is 2.49. The van der Waals surface area contributed by atoms with Gasteiger partial charge in [0.05, 0.1) is 6.54 Å². The third kappa shape index (κ3) is 12.6. The van der Waals surface area contributed by atoms with Crippen molar-refractivity contribution in [2.24, 2.45) is 10.4 Å². The molecule has 0 aromatic carbocycles. The zero-order valence-corrected chi connectivity index (χ0v) is 8.27. The molecular weight excluding hydrogens is 138 g/mol. The molecule has 0 radical (unpaired) electrons. The fourth-order valence-electron chi connectivity index (χ4n) is 0.442. The molecule has 0 bridgehead atoms. The fraction of sp³-hybridized carbons (Fsp3) is 0.889. The first kappa shape index (κ1) is 10.5. The molecule has 0 unspecified atom stereocenters. The van der Waals surface area contributed by atoms with Gasteiger partial charge >= 0.3 is 0 Å². The number of nitrogens with zero attached hydrogens (tertiary/aromatic N) is 1. The molecule has 0 aliphatic carbocycles. The van der Waals surface area contributed by atoms with Gasteiger partial charge in [-0.1, -0.05) is 27.7 Å². The first-order valence-corrected chi connectivity index (χ1v) is 4.03. The van der Waals surface area contributed by atoms with Crippen molar-refractivity contribution in [3.63, 3.8) is 0 Å². The van der Waals surface area contributed by atoms with E-state index in [0.29, 0.717) is 5.41 Å². The van der Waals surface area contributed by atoms with Gasteiger partial charge in [-0.25, -0.2) is 0 Å². The molecule has 2 nitrogen and oxygen atoms in total. The normalized spacial score (nSPS) is 16.3. The number of hydrogen-bond donors (Lipinski definition) is 0. The summed E-state index contributed by atoms with van der Waals surface area (Å²) < 4.78 is 4.90. The highest BCUT2D eigenvalue weighted by atomic mass is 16.5. The van der Waals surface area contributed by atoms with E-state index in [1.165, 1.54) is 0 Å². The first-order chi connectivity index (χ1) is 4.89. The van der Waals surface area contributed by atoms with Crippen molar-refractivity contribution in [3.8, 4) is 0 Å². The van der Waals surface area contributed by atoms with E-state index in [0.717, 1.165) is 19.0 Å². The molecule has 11 heavy (non-hydrogen) atoms. The van der Waals surface area contributed by atoms with Gasteiger partial charge < -0.3 is 4.74 Å². The molecule has 0 saturated heterocycles. The Hall–Kier alpha value is -0.530. The van der Waals surface area contributed by atoms with Crippen LogP contribution in [0.5, 0.6) is 0 Å². The molecule has 0 fully saturated rings. The fourth-order valence-corrected chi connectivity index (χ4v) is 0.442. The molecule has 1 aliphatic rings. The Morgan fingerprint density at radius 3 is 1.82 bits per heavy atom. The Morgan fingerprint density at radius 2 is 1.73 bits per heavy atom. The van der Waals surface area contributed by atoms with E-state index >= 15 is 0 Å². The second kappa shape index (κ2) is 4.37. The molecule has 0 atom stereocenters. The molecule has 0 aromatic heterocycles. The maximum absolute atomic E-state index is 4.90. The van der Waals surface area contributed by atoms with Crippen LogP contribution < -0.4 is 0 Å². The molecule has 66 valence electrons. The minimum Gasteiger partial charge on any atom is -0.479 e. The zero-order chi connectivity index (χ0) is 8.91. The summed E-state index contributed by atoms with van der Waals surface area (Å²) in [7, 11) is 0. The molecule has 0 amide bonds. The van der Waals surface area contributed by atoms with Crippen molar-refractivity contribution in [3.05, 3.63) is 0 Å². The Balaban J connectivity index is 0.000000187. The Labute approximate surface area is 69.7 Å². The SMILES string of the molecule is CC(C)(C)C.CC1=NCCO1. The standard InChI is InChI=1S/C5H12.C4H7NO/c1-5(2,3)4;1-4-5-2-3-6-4/h1-4H3;2-3H2,1H3. The average molecular weight is 157 g/mol. The smallest absolute Gasteiger partial charge is 0.180 e. The molecule has 0 spiro atoms. The number of aliphatic imine (C=N–C) groups is 1. The topological polar surface area (TPSA) is 21.6 Å². The highest BCUT2D eigenvalue weighted by molar-refractivity contribution is 5.74. The molecular formula is C9H19NO. The zero-order valence-electron chi connectivity index (χ0n) is 8.27. The van der Waals surface area contributed by atoms with E-state index in [9.17, 15) is 0 Å². The van der Waals surface area contributed by atoms with Crippen LogP contribution in [-0.2, 0) is 4.74 Å². The summed E-state index contributed by atoms with van der Waals surface area (Å²) in [4.78, 5) is 3.93. The summed E-state index contributed by atoms with van der Waals surface area (Å²) in [5, 5.41) is 0. The van der Waals surface area contributed by atoms with Crippen LogP contribution in [0.25, 0.3) is 0 Å². The van der Waals surface area contributed by atoms with E-state index in [-0.39, 0.29) is 0 Å². The van der Waals surface area contributed by atoms with Gasteiger partial charge in [-0.15, -0.1) is 0 Å². The van der Waals surface area contributed by atoms with Crippen LogP contribution in [0.15, 0.2) is 4.99 Å². The molecule has 1 rings (SSSR count). The Bertz CT molecular complexity index is 127. The van der Waals surface area contributed by atoms with Crippen molar-refractivity contribution >= 4 is 5.90 Å². The van der Waals surface area contributed by atoms with Gasteiger partial charge in [0.1, 0.15) is 6.61 Å². The van der Waals surface area contributed by atoms with Gasteiger partial charge in [-0.3, -0.25) is 4.99 Å². The highest BCUT2D eigenvalue weighted by Gasteiger charge is 1.96. The predicted molar refractivity (Wildman–Crippen MR) is 49.1 cm³/mol. The third-order valence-electron chi connectivity index (χ3n) is 0.737. The lowest BCUT2D eigenvalue weighted by Gasteiger charge is -2.05. The van der Waals surface area contributed by atoms with Crippen molar-refractivity contribution in [2.75, 3.05) is 13.2 Å². The van der Waals surface area contributed by atoms with E-state index in [1.54, 1.807) is 0 Å². The van der Waals surface area contributed by atoms with Gasteiger partial charge in [-0.2, -0.15) is 0 Å². The lowest BCUT2D eigenvalue weighted by Crippen LogP contribution is -1.93. The summed E-state index contributed by atoms with van der Waals surface area (Å²) in [6.45, 7) is 12.3. The van der Waals surface area contributed by atoms with Crippen LogP contribution >= 0.6 is 0 Å². The Kier molecular flexibility index (Phi) is 4.16. The van der Waals surface area contributed by atoms with Crippen molar-refractivity contribution < 1.29 is 4.74 Å². The van der Waals surface area contributed by atoms with E-state index in [2.05, 4.69) is 32.7 Å². The maximum Gasteiger partial charge on any atom is 0.180 e. The summed E-state index contributed by atoms with van der Waals surface area (Å²) in [5.41, 5.74) is 0.500. The quantitative estimate of drug-likeness (QED) is 0.529. The van der Waals surface area contributed by atoms with Gasteiger partial charge in [0.15, 0.2) is 5.90 Å². The van der Waals surface area contributed by atoms with Crippen LogP contribution in [0, 0.1) is 5.41 Å². The highest BCUT2D eigenvalue weighted by Crippen LogP contribution is 2.08. The van der Waals surface area contributed by atoms with Crippen LogP contribution in [0.4, 0.5) is 0 Å². The van der Waals surface area contributed by atoms with E-state index < -0.39 is 0 Å². The van der Waals surface area contributed by atoms with Gasteiger partial charge in [0.2, 0.25) is 0 Å². The molecule has 0 aromatic rings. The maximum atomic E-state index is 4.90. The number of hydrogen-bond acceptors (Lipinski definition) is 2. The monoisotopic (exact) mass is 157 g/mol. The molecule has 0 saturated carbocycles. The van der Waals surface area contributed by atoms with Crippen molar-refractivity contribution in [1.82, 2.24) is 0 Å². The van der Waals surface area contributed by atoms with Gasteiger partial charge in [0.25, 0.3) is 0 Å². The second-order valence-electron chi connectivity index (χ2n) is 4.25. The second-order valence-corrected chi connectivity index (χ2v) is 4.25. The molecule has 1 aliphatic heterocycles. The van der Waals surface area contributed by atoms with Crippen molar-refractivity contribution in [2.45, 2.75) is 34.6 Å². The summed E-state index contributed by atoms with van der Waals surface area (Å²) in [5.74, 6) is 0.829. The number of ether oxygens (including phenoxy) is 1. The first-order valence-electron chi connectivity index (χ1n) is 4.03. The van der Waals surface area contributed by atoms with Gasteiger partial charge in [0, 0.05) is 6.92 Å². The minimum absolute atomic E-state index is 0.500.